The molecule has 0 aromatic carbocycles. The van der Waals surface area contributed by atoms with Gasteiger partial charge in [-0.3, -0.25) is 0 Å². The van der Waals surface area contributed by atoms with Gasteiger partial charge in [0.25, 0.3) is 0 Å². The molecule has 1 aliphatic carbocycles. The largest absolute Gasteiger partial charge is 0.381 e. The number of ether oxygens (including phenoxy) is 1. The van der Waals surface area contributed by atoms with Gasteiger partial charge in [-0.15, -0.1) is 0 Å². The van der Waals surface area contributed by atoms with E-state index in [9.17, 15) is 4.79 Å². The van der Waals surface area contributed by atoms with E-state index in [4.69, 9.17) is 4.74 Å². The minimum Gasteiger partial charge on any atom is -0.381 e. The second-order valence-electron chi connectivity index (χ2n) is 4.92. The lowest BCUT2D eigenvalue weighted by atomic mass is 10.2. The maximum Gasteiger partial charge on any atom is 0.349 e. The molecule has 2 atom stereocenters. The zero-order valence-corrected chi connectivity index (χ0v) is 11.0. The summed E-state index contributed by atoms with van der Waals surface area (Å²) in [5, 5.41) is 9.78. The Morgan fingerprint density at radius 3 is 3.11 bits per heavy atom. The molecule has 1 saturated carbocycles. The van der Waals surface area contributed by atoms with E-state index in [0.29, 0.717) is 23.6 Å². The van der Waals surface area contributed by atoms with E-state index >= 15 is 0 Å². The predicted molar refractivity (Wildman–Crippen MR) is 70.4 cm³/mol. The van der Waals surface area contributed by atoms with Crippen molar-refractivity contribution in [3.05, 3.63) is 22.4 Å². The van der Waals surface area contributed by atoms with E-state index in [1.165, 1.54) is 4.40 Å². The first-order valence-electron chi connectivity index (χ1n) is 6.41. The molecule has 2 heterocycles. The van der Waals surface area contributed by atoms with Crippen molar-refractivity contribution in [1.82, 2.24) is 19.6 Å². The number of nitrogens with zero attached hydrogens (tertiary/aromatic N) is 3. The molecule has 2 aromatic rings. The van der Waals surface area contributed by atoms with Gasteiger partial charge in [0.2, 0.25) is 0 Å². The van der Waals surface area contributed by atoms with Gasteiger partial charge < -0.3 is 10.1 Å². The molecule has 7 heteroatoms. The third-order valence-electron chi connectivity index (χ3n) is 3.64. The van der Waals surface area contributed by atoms with Gasteiger partial charge in [-0.05, 0) is 26.2 Å². The summed E-state index contributed by atoms with van der Waals surface area (Å²) in [6.45, 7) is 1.79. The average molecular weight is 263 g/mol. The van der Waals surface area contributed by atoms with Gasteiger partial charge >= 0.3 is 5.69 Å². The molecule has 2 N–H and O–H groups in total. The summed E-state index contributed by atoms with van der Waals surface area (Å²) in [6.07, 6.45) is 3.44. The van der Waals surface area contributed by atoms with Crippen LogP contribution in [0.2, 0.25) is 0 Å². The Kier molecular flexibility index (Phi) is 2.98. The van der Waals surface area contributed by atoms with Crippen molar-refractivity contribution >= 4 is 11.5 Å². The Morgan fingerprint density at radius 1 is 1.53 bits per heavy atom. The van der Waals surface area contributed by atoms with Crippen molar-refractivity contribution in [2.45, 2.75) is 38.3 Å². The normalized spacial score (nSPS) is 23.1. The molecule has 0 saturated heterocycles. The molecule has 19 heavy (non-hydrogen) atoms. The lowest BCUT2D eigenvalue weighted by molar-refractivity contribution is 0.108. The first kappa shape index (κ1) is 12.2. The molecular formula is C12H17N5O2. The predicted octanol–water partition coefficient (Wildman–Crippen LogP) is 0.705. The van der Waals surface area contributed by atoms with Crippen LogP contribution in [0.25, 0.3) is 5.65 Å². The van der Waals surface area contributed by atoms with Gasteiger partial charge in [0.1, 0.15) is 11.6 Å². The number of hydrogen-bond acceptors (Lipinski definition) is 5. The van der Waals surface area contributed by atoms with Crippen LogP contribution in [0.5, 0.6) is 0 Å². The van der Waals surface area contributed by atoms with E-state index in [-0.39, 0.29) is 5.69 Å². The molecule has 0 aliphatic heterocycles. The highest BCUT2D eigenvalue weighted by molar-refractivity contribution is 5.50. The van der Waals surface area contributed by atoms with E-state index in [0.717, 1.165) is 25.1 Å². The summed E-state index contributed by atoms with van der Waals surface area (Å²) in [6, 6.07) is 2.15. The topological polar surface area (TPSA) is 84.3 Å². The van der Waals surface area contributed by atoms with Crippen molar-refractivity contribution < 1.29 is 4.74 Å². The van der Waals surface area contributed by atoms with Crippen LogP contribution < -0.4 is 11.0 Å². The highest BCUT2D eigenvalue weighted by atomic mass is 16.5. The zero-order valence-electron chi connectivity index (χ0n) is 11.0. The maximum atomic E-state index is 11.5. The lowest BCUT2D eigenvalue weighted by Gasteiger charge is -2.14. The molecule has 7 nitrogen and oxygen atoms in total. The van der Waals surface area contributed by atoms with Crippen molar-refractivity contribution in [3.8, 4) is 0 Å². The first-order chi connectivity index (χ1) is 9.17. The van der Waals surface area contributed by atoms with Crippen LogP contribution in [0.3, 0.4) is 0 Å². The number of H-pyrrole nitrogens is 1. The van der Waals surface area contributed by atoms with Gasteiger partial charge in [-0.25, -0.2) is 19.3 Å². The molecule has 2 unspecified atom stereocenters. The van der Waals surface area contributed by atoms with Crippen LogP contribution in [0.1, 0.15) is 25.1 Å². The van der Waals surface area contributed by atoms with Gasteiger partial charge in [-0.1, -0.05) is 0 Å². The Labute approximate surface area is 110 Å². The van der Waals surface area contributed by atoms with Gasteiger partial charge in [-0.2, -0.15) is 5.10 Å². The van der Waals surface area contributed by atoms with Crippen LogP contribution in [-0.2, 0) is 4.74 Å². The van der Waals surface area contributed by atoms with Crippen molar-refractivity contribution in [2.24, 2.45) is 0 Å². The number of aromatic amines is 1. The number of methoxy groups -OCH3 is 1. The fourth-order valence-electron chi connectivity index (χ4n) is 2.67. The van der Waals surface area contributed by atoms with Crippen LogP contribution in [0.15, 0.2) is 10.9 Å². The molecular weight excluding hydrogens is 246 g/mol. The smallest absolute Gasteiger partial charge is 0.349 e. The molecule has 3 rings (SSSR count). The van der Waals surface area contributed by atoms with Crippen LogP contribution >= 0.6 is 0 Å². The number of fused-ring (bicyclic) bond motifs is 1. The molecule has 2 aromatic heterocycles. The molecule has 0 bridgehead atoms. The first-order valence-corrected chi connectivity index (χ1v) is 6.41. The van der Waals surface area contributed by atoms with E-state index in [2.05, 4.69) is 20.5 Å². The second-order valence-corrected chi connectivity index (χ2v) is 4.92. The van der Waals surface area contributed by atoms with Gasteiger partial charge in [0.15, 0.2) is 5.65 Å². The number of rotatable bonds is 3. The van der Waals surface area contributed by atoms with Crippen LogP contribution in [0.4, 0.5) is 5.82 Å². The van der Waals surface area contributed by atoms with Crippen molar-refractivity contribution in [1.29, 1.82) is 0 Å². The molecule has 1 fully saturated rings. The van der Waals surface area contributed by atoms with Crippen molar-refractivity contribution in [2.75, 3.05) is 12.4 Å². The summed E-state index contributed by atoms with van der Waals surface area (Å²) in [5.74, 6) is 1.38. The highest BCUT2D eigenvalue weighted by Crippen LogP contribution is 2.24. The SMILES string of the molecule is COC1CCC(Nc2cc3n[nH]c(=O)n3c(C)n2)C1. The summed E-state index contributed by atoms with van der Waals surface area (Å²) >= 11 is 0. The summed E-state index contributed by atoms with van der Waals surface area (Å²) in [4.78, 5) is 15.9. The third-order valence-corrected chi connectivity index (χ3v) is 3.64. The summed E-state index contributed by atoms with van der Waals surface area (Å²) in [5.41, 5.74) is 0.327. The van der Waals surface area contributed by atoms with E-state index in [1.807, 2.05) is 0 Å². The van der Waals surface area contributed by atoms with Crippen LogP contribution in [0, 0.1) is 6.92 Å². The van der Waals surface area contributed by atoms with E-state index < -0.39 is 0 Å². The number of aromatic nitrogens is 4. The minimum atomic E-state index is -0.258. The molecule has 0 amide bonds. The Balaban J connectivity index is 1.84. The number of aryl methyl sites for hydroxylation is 1. The van der Waals surface area contributed by atoms with Gasteiger partial charge in [0, 0.05) is 19.2 Å². The van der Waals surface area contributed by atoms with E-state index in [1.54, 1.807) is 20.1 Å². The molecule has 102 valence electrons. The fraction of sp³-hybridized carbons (Fsp3) is 0.583. The Morgan fingerprint density at radius 2 is 2.37 bits per heavy atom. The Hall–Kier alpha value is -1.89. The average Bonchev–Trinajstić information content (AvgIpc) is 2.97. The fourth-order valence-corrected chi connectivity index (χ4v) is 2.67. The molecule has 0 radical (unpaired) electrons. The van der Waals surface area contributed by atoms with Crippen molar-refractivity contribution in [3.63, 3.8) is 0 Å². The minimum absolute atomic E-state index is 0.258. The van der Waals surface area contributed by atoms with Gasteiger partial charge in [0.05, 0.1) is 6.10 Å². The quantitative estimate of drug-likeness (QED) is 0.851. The lowest BCUT2D eigenvalue weighted by Crippen LogP contribution is -2.19. The standard InChI is InChI=1S/C12H17N5O2/c1-7-13-10(6-11-15-16-12(18)17(7)11)14-8-3-4-9(5-8)19-2/h6,8-9,14H,3-5H2,1-2H3,(H,16,18). The summed E-state index contributed by atoms with van der Waals surface area (Å²) < 4.78 is 6.81. The zero-order chi connectivity index (χ0) is 13.4. The Bertz CT molecular complexity index is 647. The summed E-state index contributed by atoms with van der Waals surface area (Å²) in [7, 11) is 1.75. The van der Waals surface area contributed by atoms with Crippen LogP contribution in [-0.4, -0.2) is 38.8 Å². The molecule has 1 aliphatic rings. The highest BCUT2D eigenvalue weighted by Gasteiger charge is 2.24. The third kappa shape index (κ3) is 2.21. The number of nitrogens with one attached hydrogen (secondary N) is 2. The number of hydrogen-bond donors (Lipinski definition) is 2. The second kappa shape index (κ2) is 4.65. The molecule has 0 spiro atoms. The number of anilines is 1. The maximum absolute atomic E-state index is 11.5. The monoisotopic (exact) mass is 263 g/mol.